The molecule has 1 aromatic rings. The summed E-state index contributed by atoms with van der Waals surface area (Å²) in [6.07, 6.45) is 5.94. The van der Waals surface area contributed by atoms with Gasteiger partial charge in [0.05, 0.1) is 18.7 Å². The molecule has 0 heterocycles. The van der Waals surface area contributed by atoms with Crippen molar-refractivity contribution < 1.29 is 24.2 Å². The van der Waals surface area contributed by atoms with Crippen molar-refractivity contribution in [1.82, 2.24) is 0 Å². The first-order chi connectivity index (χ1) is 11.5. The quantitative estimate of drug-likeness (QED) is 0.378. The predicted molar refractivity (Wildman–Crippen MR) is 92.8 cm³/mol. The molecule has 0 unspecified atom stereocenters. The molecule has 0 fully saturated rings. The number of anilines is 1. The summed E-state index contributed by atoms with van der Waals surface area (Å²) in [5, 5.41) is 12.2. The smallest absolute Gasteiger partial charge is 0.411 e. The van der Waals surface area contributed by atoms with Crippen LogP contribution in [-0.4, -0.2) is 30.9 Å². The van der Waals surface area contributed by atoms with E-state index in [1.165, 1.54) is 38.5 Å². The second-order valence-corrected chi connectivity index (χ2v) is 5.78. The number of carbonyl (C=O) groups is 2. The first-order valence-corrected chi connectivity index (χ1v) is 8.42. The predicted octanol–water partition coefficient (Wildman–Crippen LogP) is 4.74. The van der Waals surface area contributed by atoms with E-state index in [4.69, 9.17) is 16.3 Å². The van der Waals surface area contributed by atoms with Crippen LogP contribution in [0.25, 0.3) is 0 Å². The summed E-state index contributed by atoms with van der Waals surface area (Å²) in [6.45, 7) is 2.49. The van der Waals surface area contributed by atoms with Crippen LogP contribution in [0.1, 0.15) is 55.8 Å². The number of ether oxygens (including phenoxy) is 2. The maximum absolute atomic E-state index is 11.7. The Balaban J connectivity index is 2.47. The van der Waals surface area contributed by atoms with Gasteiger partial charge in [-0.15, -0.1) is 0 Å². The van der Waals surface area contributed by atoms with Crippen molar-refractivity contribution in [3.8, 4) is 5.75 Å². The molecular weight excluding hydrogens is 334 g/mol. The van der Waals surface area contributed by atoms with Crippen LogP contribution in [0.3, 0.4) is 0 Å². The molecule has 0 atom stereocenters. The van der Waals surface area contributed by atoms with Crippen LogP contribution in [-0.2, 0) is 9.47 Å². The lowest BCUT2D eigenvalue weighted by Gasteiger charge is -2.10. The topological polar surface area (TPSA) is 84.9 Å². The van der Waals surface area contributed by atoms with Crippen molar-refractivity contribution in [3.63, 3.8) is 0 Å². The van der Waals surface area contributed by atoms with Crippen LogP contribution in [0.5, 0.6) is 5.75 Å². The van der Waals surface area contributed by atoms with Crippen molar-refractivity contribution in [1.29, 1.82) is 0 Å². The molecule has 1 rings (SSSR count). The minimum Gasteiger partial charge on any atom is -0.505 e. The van der Waals surface area contributed by atoms with Gasteiger partial charge in [-0.05, 0) is 18.6 Å². The first-order valence-electron chi connectivity index (χ1n) is 8.04. The molecule has 0 aliphatic carbocycles. The summed E-state index contributed by atoms with van der Waals surface area (Å²) in [5.74, 6) is -1.15. The van der Waals surface area contributed by atoms with Gasteiger partial charge in [-0.3, -0.25) is 5.32 Å². The monoisotopic (exact) mass is 357 g/mol. The van der Waals surface area contributed by atoms with Crippen LogP contribution in [0.4, 0.5) is 10.5 Å². The molecule has 0 aliphatic rings. The number of amides is 1. The number of carbonyl (C=O) groups excluding carboxylic acids is 2. The van der Waals surface area contributed by atoms with Crippen molar-refractivity contribution in [2.75, 3.05) is 19.0 Å². The van der Waals surface area contributed by atoms with E-state index in [-0.39, 0.29) is 16.3 Å². The van der Waals surface area contributed by atoms with Crippen molar-refractivity contribution >= 4 is 29.4 Å². The molecule has 0 saturated carbocycles. The van der Waals surface area contributed by atoms with Gasteiger partial charge in [0.1, 0.15) is 11.3 Å². The molecule has 0 spiro atoms. The number of rotatable bonds is 9. The SMILES string of the molecule is CCCCCCCCOC(=O)Nc1cc(Cl)c(O)c(C(=O)OC)c1. The number of phenols is 1. The molecule has 1 amide bonds. The van der Waals surface area contributed by atoms with Gasteiger partial charge < -0.3 is 14.6 Å². The average Bonchev–Trinajstić information content (AvgIpc) is 2.56. The normalized spacial score (nSPS) is 10.3. The Bertz CT molecular complexity index is 562. The Labute approximate surface area is 147 Å². The number of benzene rings is 1. The number of aromatic hydroxyl groups is 1. The van der Waals surface area contributed by atoms with Crippen molar-refractivity contribution in [2.24, 2.45) is 0 Å². The molecule has 7 heteroatoms. The summed E-state index contributed by atoms with van der Waals surface area (Å²) in [5.41, 5.74) is 0.113. The molecule has 0 radical (unpaired) electrons. The number of phenolic OH excluding ortho intramolecular Hbond substituents is 1. The van der Waals surface area contributed by atoms with Crippen molar-refractivity contribution in [3.05, 3.63) is 22.7 Å². The molecule has 0 bridgehead atoms. The second-order valence-electron chi connectivity index (χ2n) is 5.37. The van der Waals surface area contributed by atoms with Gasteiger partial charge in [0.2, 0.25) is 0 Å². The fourth-order valence-corrected chi connectivity index (χ4v) is 2.36. The molecular formula is C17H24ClNO5. The Morgan fingerprint density at radius 3 is 2.50 bits per heavy atom. The molecule has 0 aromatic heterocycles. The third-order valence-corrected chi connectivity index (χ3v) is 3.73. The molecule has 0 saturated heterocycles. The second kappa shape index (κ2) is 10.8. The van der Waals surface area contributed by atoms with Crippen LogP contribution in [0.15, 0.2) is 12.1 Å². The van der Waals surface area contributed by atoms with Crippen molar-refractivity contribution in [2.45, 2.75) is 45.4 Å². The Kier molecular flexibility index (Phi) is 9.01. The van der Waals surface area contributed by atoms with Gasteiger partial charge in [-0.25, -0.2) is 9.59 Å². The lowest BCUT2D eigenvalue weighted by Crippen LogP contribution is -2.15. The third-order valence-electron chi connectivity index (χ3n) is 3.45. The van der Waals surface area contributed by atoms with E-state index in [1.54, 1.807) is 0 Å². The lowest BCUT2D eigenvalue weighted by atomic mass is 10.1. The number of hydrogen-bond acceptors (Lipinski definition) is 5. The van der Waals surface area contributed by atoms with Gasteiger partial charge >= 0.3 is 12.1 Å². The number of methoxy groups -OCH3 is 1. The highest BCUT2D eigenvalue weighted by Crippen LogP contribution is 2.31. The van der Waals surface area contributed by atoms with Gasteiger partial charge in [0.15, 0.2) is 0 Å². The van der Waals surface area contributed by atoms with Gasteiger partial charge in [0, 0.05) is 5.69 Å². The van der Waals surface area contributed by atoms with E-state index in [9.17, 15) is 14.7 Å². The van der Waals surface area contributed by atoms with Crippen LogP contribution in [0, 0.1) is 0 Å². The van der Waals surface area contributed by atoms with Crippen LogP contribution in [0.2, 0.25) is 5.02 Å². The zero-order valence-electron chi connectivity index (χ0n) is 14.1. The molecule has 134 valence electrons. The largest absolute Gasteiger partial charge is 0.505 e. The maximum atomic E-state index is 11.7. The minimum absolute atomic E-state index is 0.0656. The molecule has 0 aliphatic heterocycles. The molecule has 1 aromatic carbocycles. The number of hydrogen-bond donors (Lipinski definition) is 2. The Hall–Kier alpha value is -1.95. The van der Waals surface area contributed by atoms with Gasteiger partial charge in [0.25, 0.3) is 0 Å². The zero-order valence-corrected chi connectivity index (χ0v) is 14.8. The summed E-state index contributed by atoms with van der Waals surface area (Å²) in [7, 11) is 1.19. The minimum atomic E-state index is -0.751. The third kappa shape index (κ3) is 6.66. The number of nitrogens with one attached hydrogen (secondary N) is 1. The number of halogens is 1. The zero-order chi connectivity index (χ0) is 17.9. The number of unbranched alkanes of at least 4 members (excludes halogenated alkanes) is 5. The standard InChI is InChI=1S/C17H24ClNO5/c1-3-4-5-6-7-8-9-24-17(22)19-12-10-13(16(21)23-2)15(20)14(18)11-12/h10-11,20H,3-9H2,1-2H3,(H,19,22). The summed E-state index contributed by atoms with van der Waals surface area (Å²) < 4.78 is 9.63. The van der Waals surface area contributed by atoms with E-state index in [0.29, 0.717) is 6.61 Å². The van der Waals surface area contributed by atoms with Crippen LogP contribution < -0.4 is 5.32 Å². The summed E-state index contributed by atoms with van der Waals surface area (Å²) in [6, 6.07) is 2.61. The highest BCUT2D eigenvalue weighted by Gasteiger charge is 2.17. The highest BCUT2D eigenvalue weighted by molar-refractivity contribution is 6.33. The first kappa shape index (κ1) is 20.1. The summed E-state index contributed by atoms with van der Waals surface area (Å²) >= 11 is 5.84. The van der Waals surface area contributed by atoms with E-state index >= 15 is 0 Å². The van der Waals surface area contributed by atoms with Gasteiger partial charge in [-0.2, -0.15) is 0 Å². The lowest BCUT2D eigenvalue weighted by molar-refractivity contribution is 0.0597. The Morgan fingerprint density at radius 2 is 1.83 bits per heavy atom. The summed E-state index contributed by atoms with van der Waals surface area (Å²) in [4.78, 5) is 23.3. The van der Waals surface area contributed by atoms with E-state index < -0.39 is 17.8 Å². The maximum Gasteiger partial charge on any atom is 0.411 e. The van der Waals surface area contributed by atoms with E-state index in [2.05, 4.69) is 17.0 Å². The Morgan fingerprint density at radius 1 is 1.17 bits per heavy atom. The average molecular weight is 358 g/mol. The van der Waals surface area contributed by atoms with Gasteiger partial charge in [-0.1, -0.05) is 50.6 Å². The number of esters is 1. The van der Waals surface area contributed by atoms with Crippen LogP contribution >= 0.6 is 11.6 Å². The molecule has 24 heavy (non-hydrogen) atoms. The highest BCUT2D eigenvalue weighted by atomic mass is 35.5. The van der Waals surface area contributed by atoms with E-state index in [1.807, 2.05) is 0 Å². The molecule has 6 nitrogen and oxygen atoms in total. The van der Waals surface area contributed by atoms with E-state index in [0.717, 1.165) is 19.3 Å². The molecule has 2 N–H and O–H groups in total. The fraction of sp³-hybridized carbons (Fsp3) is 0.529. The fourth-order valence-electron chi connectivity index (χ4n) is 2.14.